The van der Waals surface area contributed by atoms with Crippen molar-refractivity contribution in [3.05, 3.63) is 47.7 Å². The van der Waals surface area contributed by atoms with Gasteiger partial charge in [0.1, 0.15) is 17.6 Å². The van der Waals surface area contributed by atoms with Gasteiger partial charge in [-0.1, -0.05) is 18.2 Å². The number of nitrogens with two attached hydrogens (primary N) is 1. The molecule has 2 rings (SSSR count). The first-order valence-corrected chi connectivity index (χ1v) is 6.26. The number of hydrogen-bond donors (Lipinski definition) is 2. The van der Waals surface area contributed by atoms with Crippen molar-refractivity contribution in [2.45, 2.75) is 6.42 Å². The maximum atomic E-state index is 8.76. The van der Waals surface area contributed by atoms with Gasteiger partial charge in [-0.15, -0.1) is 0 Å². The molecule has 20 heavy (non-hydrogen) atoms. The number of para-hydroxylation sites is 1. The number of rotatable bonds is 5. The summed E-state index contributed by atoms with van der Waals surface area (Å²) < 4.78 is 5.30. The summed E-state index contributed by atoms with van der Waals surface area (Å²) in [7, 11) is 1.66. The Bertz CT molecular complexity index is 634. The third-order valence-corrected chi connectivity index (χ3v) is 2.93. The van der Waals surface area contributed by atoms with E-state index in [1.165, 1.54) is 6.20 Å². The van der Waals surface area contributed by atoms with E-state index in [4.69, 9.17) is 15.7 Å². The van der Waals surface area contributed by atoms with Gasteiger partial charge in [0.05, 0.1) is 18.4 Å². The minimum absolute atomic E-state index is 0.456. The van der Waals surface area contributed by atoms with Gasteiger partial charge >= 0.3 is 0 Å². The fraction of sp³-hybridized carbons (Fsp3) is 0.200. The summed E-state index contributed by atoms with van der Waals surface area (Å²) in [6, 6.07) is 11.5. The van der Waals surface area contributed by atoms with E-state index in [0.717, 1.165) is 17.7 Å². The van der Waals surface area contributed by atoms with E-state index in [1.807, 2.05) is 30.3 Å². The topological polar surface area (TPSA) is 84.0 Å². The molecule has 0 saturated heterocycles. The summed E-state index contributed by atoms with van der Waals surface area (Å²) in [6.45, 7) is 0.684. The molecule has 0 aliphatic rings. The lowest BCUT2D eigenvalue weighted by molar-refractivity contribution is 0.410. The normalized spacial score (nSPS) is 9.80. The Kier molecular flexibility index (Phi) is 4.40. The third kappa shape index (κ3) is 3.18. The van der Waals surface area contributed by atoms with Crippen molar-refractivity contribution in [1.29, 1.82) is 5.26 Å². The number of nitrogens with zero attached hydrogens (tertiary/aromatic N) is 2. The molecule has 1 aromatic heterocycles. The molecule has 5 heteroatoms. The minimum atomic E-state index is 0.456. The lowest BCUT2D eigenvalue weighted by atomic mass is 10.1. The fourth-order valence-corrected chi connectivity index (χ4v) is 1.92. The highest BCUT2D eigenvalue weighted by Gasteiger charge is 2.04. The highest BCUT2D eigenvalue weighted by Crippen LogP contribution is 2.19. The van der Waals surface area contributed by atoms with Crippen LogP contribution in [-0.2, 0) is 6.42 Å². The molecule has 2 aromatic rings. The second kappa shape index (κ2) is 6.43. The molecular formula is C15H16N4O. The molecule has 0 atom stereocenters. The van der Waals surface area contributed by atoms with E-state index in [9.17, 15) is 0 Å². The lowest BCUT2D eigenvalue weighted by Gasteiger charge is -2.10. The molecule has 0 amide bonds. The summed E-state index contributed by atoms with van der Waals surface area (Å²) in [5.41, 5.74) is 7.88. The largest absolute Gasteiger partial charge is 0.496 e. The monoisotopic (exact) mass is 268 g/mol. The number of nitrogen functional groups attached to an aromatic ring is 1. The fourth-order valence-electron chi connectivity index (χ4n) is 1.92. The van der Waals surface area contributed by atoms with E-state index in [-0.39, 0.29) is 0 Å². The van der Waals surface area contributed by atoms with Gasteiger partial charge in [-0.3, -0.25) is 0 Å². The van der Waals surface area contributed by atoms with Gasteiger partial charge in [-0.05, 0) is 24.1 Å². The van der Waals surface area contributed by atoms with Crippen LogP contribution in [0.25, 0.3) is 0 Å². The second-order valence-electron chi connectivity index (χ2n) is 4.26. The Morgan fingerprint density at radius 2 is 2.20 bits per heavy atom. The molecule has 0 bridgehead atoms. The first-order chi connectivity index (χ1) is 9.74. The van der Waals surface area contributed by atoms with Crippen molar-refractivity contribution < 1.29 is 4.74 Å². The van der Waals surface area contributed by atoms with Gasteiger partial charge < -0.3 is 15.8 Å². The zero-order valence-electron chi connectivity index (χ0n) is 11.3. The maximum absolute atomic E-state index is 8.76. The molecule has 102 valence electrons. The van der Waals surface area contributed by atoms with Crippen molar-refractivity contribution in [2.75, 3.05) is 24.7 Å². The number of anilines is 2. The van der Waals surface area contributed by atoms with Gasteiger partial charge in [0.15, 0.2) is 0 Å². The SMILES string of the molecule is COc1ccccc1CCNc1ncc(C#N)cc1N. The van der Waals surface area contributed by atoms with Gasteiger partial charge in [-0.25, -0.2) is 4.98 Å². The standard InChI is InChI=1S/C15H16N4O/c1-20-14-5-3-2-4-12(14)6-7-18-15-13(17)8-11(9-16)10-19-15/h2-5,8,10H,6-7,17H2,1H3,(H,18,19). The van der Waals surface area contributed by atoms with Gasteiger partial charge in [0, 0.05) is 12.7 Å². The van der Waals surface area contributed by atoms with Crippen LogP contribution in [-0.4, -0.2) is 18.6 Å². The molecule has 0 spiro atoms. The van der Waals surface area contributed by atoms with Crippen LogP contribution in [0.1, 0.15) is 11.1 Å². The number of hydrogen-bond acceptors (Lipinski definition) is 5. The van der Waals surface area contributed by atoms with Crippen LogP contribution in [0.2, 0.25) is 0 Å². The van der Waals surface area contributed by atoms with Crippen molar-refractivity contribution in [3.63, 3.8) is 0 Å². The van der Waals surface area contributed by atoms with Crippen LogP contribution >= 0.6 is 0 Å². The molecule has 5 nitrogen and oxygen atoms in total. The predicted octanol–water partition coefficient (Wildman–Crippen LogP) is 2.20. The zero-order valence-corrected chi connectivity index (χ0v) is 11.3. The molecule has 1 heterocycles. The quantitative estimate of drug-likeness (QED) is 0.868. The van der Waals surface area contributed by atoms with Crippen LogP contribution in [0.3, 0.4) is 0 Å². The molecule has 0 fully saturated rings. The molecule has 3 N–H and O–H groups in total. The average molecular weight is 268 g/mol. The van der Waals surface area contributed by atoms with Crippen molar-refractivity contribution in [1.82, 2.24) is 4.98 Å². The first-order valence-electron chi connectivity index (χ1n) is 6.26. The molecule has 1 aromatic carbocycles. The number of benzene rings is 1. The number of aromatic nitrogens is 1. The van der Waals surface area contributed by atoms with Crippen LogP contribution < -0.4 is 15.8 Å². The Morgan fingerprint density at radius 3 is 2.90 bits per heavy atom. The summed E-state index contributed by atoms with van der Waals surface area (Å²) in [6.07, 6.45) is 2.30. The molecule has 0 aliphatic carbocycles. The number of methoxy groups -OCH3 is 1. The predicted molar refractivity (Wildman–Crippen MR) is 78.6 cm³/mol. The Hall–Kier alpha value is -2.74. The van der Waals surface area contributed by atoms with E-state index in [1.54, 1.807) is 13.2 Å². The van der Waals surface area contributed by atoms with Gasteiger partial charge in [-0.2, -0.15) is 5.26 Å². The Labute approximate surface area is 118 Å². The summed E-state index contributed by atoms with van der Waals surface area (Å²) in [5.74, 6) is 1.47. The molecule has 0 saturated carbocycles. The average Bonchev–Trinajstić information content (AvgIpc) is 2.49. The highest BCUT2D eigenvalue weighted by atomic mass is 16.5. The maximum Gasteiger partial charge on any atom is 0.149 e. The molecule has 0 unspecified atom stereocenters. The number of ether oxygens (including phenoxy) is 1. The minimum Gasteiger partial charge on any atom is -0.496 e. The number of nitrogens with one attached hydrogen (secondary N) is 1. The molecular weight excluding hydrogens is 252 g/mol. The zero-order chi connectivity index (χ0) is 14.4. The smallest absolute Gasteiger partial charge is 0.149 e. The number of pyridine rings is 1. The van der Waals surface area contributed by atoms with Crippen LogP contribution in [0, 0.1) is 11.3 Å². The highest BCUT2D eigenvalue weighted by molar-refractivity contribution is 5.63. The van der Waals surface area contributed by atoms with Gasteiger partial charge in [0.2, 0.25) is 0 Å². The Balaban J connectivity index is 1.98. The van der Waals surface area contributed by atoms with E-state index < -0.39 is 0 Å². The van der Waals surface area contributed by atoms with Crippen molar-refractivity contribution >= 4 is 11.5 Å². The lowest BCUT2D eigenvalue weighted by Crippen LogP contribution is -2.09. The van der Waals surface area contributed by atoms with Crippen molar-refractivity contribution in [3.8, 4) is 11.8 Å². The summed E-state index contributed by atoms with van der Waals surface area (Å²) in [4.78, 5) is 4.13. The second-order valence-corrected chi connectivity index (χ2v) is 4.26. The van der Waals surface area contributed by atoms with Crippen LogP contribution in [0.5, 0.6) is 5.75 Å². The number of nitriles is 1. The first kappa shape index (κ1) is 13.7. The molecule has 0 radical (unpaired) electrons. The summed E-state index contributed by atoms with van der Waals surface area (Å²) in [5, 5.41) is 11.9. The van der Waals surface area contributed by atoms with E-state index >= 15 is 0 Å². The molecule has 0 aliphatic heterocycles. The van der Waals surface area contributed by atoms with Gasteiger partial charge in [0.25, 0.3) is 0 Å². The van der Waals surface area contributed by atoms with E-state index in [2.05, 4.69) is 10.3 Å². The third-order valence-electron chi connectivity index (χ3n) is 2.93. The van der Waals surface area contributed by atoms with Crippen LogP contribution in [0.4, 0.5) is 11.5 Å². The summed E-state index contributed by atoms with van der Waals surface area (Å²) >= 11 is 0. The van der Waals surface area contributed by atoms with Crippen LogP contribution in [0.15, 0.2) is 36.5 Å². The van der Waals surface area contributed by atoms with Crippen molar-refractivity contribution in [2.24, 2.45) is 0 Å². The van der Waals surface area contributed by atoms with E-state index in [0.29, 0.717) is 23.6 Å². The Morgan fingerprint density at radius 1 is 1.40 bits per heavy atom.